The van der Waals surface area contributed by atoms with Crippen LogP contribution in [0.2, 0.25) is 0 Å². The summed E-state index contributed by atoms with van der Waals surface area (Å²) in [6.45, 7) is 14.3. The molecule has 0 fully saturated rings. The standard InChI is InChI=1S/C14H31NO2/c1-12(2)11-14(5)17-10-8-15-7-6-9-16-13(3)4/h12-15H,6-11H2,1-5H3. The monoisotopic (exact) mass is 245 g/mol. The maximum atomic E-state index is 5.70. The van der Waals surface area contributed by atoms with Gasteiger partial charge in [0.15, 0.2) is 0 Å². The van der Waals surface area contributed by atoms with Crippen molar-refractivity contribution >= 4 is 0 Å². The van der Waals surface area contributed by atoms with Gasteiger partial charge in [0.1, 0.15) is 0 Å². The van der Waals surface area contributed by atoms with Crippen LogP contribution in [0.3, 0.4) is 0 Å². The van der Waals surface area contributed by atoms with Crippen molar-refractivity contribution in [2.24, 2.45) is 5.92 Å². The number of hydrogen-bond donors (Lipinski definition) is 1. The Balaban J connectivity index is 3.13. The van der Waals surface area contributed by atoms with Crippen molar-refractivity contribution in [3.63, 3.8) is 0 Å². The van der Waals surface area contributed by atoms with Crippen LogP contribution in [0.1, 0.15) is 47.5 Å². The molecular formula is C14H31NO2. The zero-order valence-electron chi connectivity index (χ0n) is 12.3. The smallest absolute Gasteiger partial charge is 0.0594 e. The molecule has 0 aliphatic heterocycles. The third kappa shape index (κ3) is 13.8. The second kappa shape index (κ2) is 11.0. The highest BCUT2D eigenvalue weighted by molar-refractivity contribution is 4.55. The lowest BCUT2D eigenvalue weighted by molar-refractivity contribution is 0.0525. The molecule has 1 atom stereocenters. The van der Waals surface area contributed by atoms with Gasteiger partial charge in [-0.3, -0.25) is 0 Å². The molecule has 0 rings (SSSR count). The molecule has 3 nitrogen and oxygen atoms in total. The van der Waals surface area contributed by atoms with E-state index in [9.17, 15) is 0 Å². The molecule has 0 amide bonds. The Morgan fingerprint density at radius 2 is 1.59 bits per heavy atom. The first-order chi connectivity index (χ1) is 8.02. The second-order valence-electron chi connectivity index (χ2n) is 5.33. The average molecular weight is 245 g/mol. The highest BCUT2D eigenvalue weighted by Crippen LogP contribution is 2.06. The highest BCUT2D eigenvalue weighted by atomic mass is 16.5. The molecule has 0 saturated heterocycles. The third-order valence-corrected chi connectivity index (χ3v) is 2.43. The van der Waals surface area contributed by atoms with Gasteiger partial charge in [0, 0.05) is 13.2 Å². The Kier molecular flexibility index (Phi) is 10.9. The lowest BCUT2D eigenvalue weighted by Gasteiger charge is -2.15. The van der Waals surface area contributed by atoms with Crippen molar-refractivity contribution in [2.75, 3.05) is 26.3 Å². The summed E-state index contributed by atoms with van der Waals surface area (Å²) in [7, 11) is 0. The quantitative estimate of drug-likeness (QED) is 0.568. The van der Waals surface area contributed by atoms with Gasteiger partial charge in [0.2, 0.25) is 0 Å². The molecule has 0 spiro atoms. The van der Waals surface area contributed by atoms with Gasteiger partial charge < -0.3 is 14.8 Å². The zero-order chi connectivity index (χ0) is 13.1. The van der Waals surface area contributed by atoms with Gasteiger partial charge in [-0.15, -0.1) is 0 Å². The van der Waals surface area contributed by atoms with Crippen LogP contribution in [0.5, 0.6) is 0 Å². The molecule has 0 aliphatic carbocycles. The van der Waals surface area contributed by atoms with E-state index in [-0.39, 0.29) is 0 Å². The average Bonchev–Trinajstić information content (AvgIpc) is 2.20. The van der Waals surface area contributed by atoms with Crippen LogP contribution in [-0.2, 0) is 9.47 Å². The highest BCUT2D eigenvalue weighted by Gasteiger charge is 2.04. The van der Waals surface area contributed by atoms with Crippen molar-refractivity contribution in [1.82, 2.24) is 5.32 Å². The van der Waals surface area contributed by atoms with E-state index in [0.29, 0.717) is 18.1 Å². The maximum Gasteiger partial charge on any atom is 0.0594 e. The van der Waals surface area contributed by atoms with Gasteiger partial charge in [-0.05, 0) is 46.1 Å². The molecule has 0 aromatic heterocycles. The summed E-state index contributed by atoms with van der Waals surface area (Å²) in [5, 5.41) is 3.36. The fourth-order valence-corrected chi connectivity index (χ4v) is 1.71. The Morgan fingerprint density at radius 1 is 0.882 bits per heavy atom. The summed E-state index contributed by atoms with van der Waals surface area (Å²) in [6.07, 6.45) is 2.93. The molecule has 0 aliphatic rings. The Labute approximate surface area is 107 Å². The first-order valence-corrected chi connectivity index (χ1v) is 6.96. The fraction of sp³-hybridized carbons (Fsp3) is 1.00. The molecular weight excluding hydrogens is 214 g/mol. The van der Waals surface area contributed by atoms with Gasteiger partial charge in [-0.25, -0.2) is 0 Å². The van der Waals surface area contributed by atoms with Crippen molar-refractivity contribution in [3.8, 4) is 0 Å². The van der Waals surface area contributed by atoms with E-state index in [0.717, 1.165) is 39.1 Å². The molecule has 104 valence electrons. The summed E-state index contributed by atoms with van der Waals surface area (Å²) >= 11 is 0. The summed E-state index contributed by atoms with van der Waals surface area (Å²) in [5.74, 6) is 0.714. The van der Waals surface area contributed by atoms with Gasteiger partial charge in [0.05, 0.1) is 18.8 Å². The van der Waals surface area contributed by atoms with E-state index >= 15 is 0 Å². The molecule has 1 unspecified atom stereocenters. The SMILES string of the molecule is CC(C)CC(C)OCCNCCCOC(C)C. The van der Waals surface area contributed by atoms with E-state index in [4.69, 9.17) is 9.47 Å². The van der Waals surface area contributed by atoms with Crippen LogP contribution in [-0.4, -0.2) is 38.5 Å². The molecule has 0 saturated carbocycles. The predicted octanol–water partition coefficient (Wildman–Crippen LogP) is 2.84. The predicted molar refractivity (Wildman–Crippen MR) is 73.4 cm³/mol. The van der Waals surface area contributed by atoms with E-state index in [1.165, 1.54) is 0 Å². The molecule has 0 aromatic rings. The van der Waals surface area contributed by atoms with Gasteiger partial charge >= 0.3 is 0 Å². The van der Waals surface area contributed by atoms with Crippen LogP contribution in [0, 0.1) is 5.92 Å². The van der Waals surface area contributed by atoms with Gasteiger partial charge in [-0.1, -0.05) is 13.8 Å². The van der Waals surface area contributed by atoms with Gasteiger partial charge in [-0.2, -0.15) is 0 Å². The topological polar surface area (TPSA) is 30.5 Å². The van der Waals surface area contributed by atoms with E-state index < -0.39 is 0 Å². The van der Waals surface area contributed by atoms with E-state index in [1.54, 1.807) is 0 Å². The van der Waals surface area contributed by atoms with Gasteiger partial charge in [0.25, 0.3) is 0 Å². The zero-order valence-corrected chi connectivity index (χ0v) is 12.3. The molecule has 1 N–H and O–H groups in total. The molecule has 3 heteroatoms. The minimum Gasteiger partial charge on any atom is -0.379 e. The molecule has 17 heavy (non-hydrogen) atoms. The number of hydrogen-bond acceptors (Lipinski definition) is 3. The Morgan fingerprint density at radius 3 is 2.18 bits per heavy atom. The number of rotatable bonds is 11. The van der Waals surface area contributed by atoms with Crippen molar-refractivity contribution in [2.45, 2.75) is 59.7 Å². The Bertz CT molecular complexity index is 160. The molecule has 0 radical (unpaired) electrons. The number of ether oxygens (including phenoxy) is 2. The largest absolute Gasteiger partial charge is 0.379 e. The van der Waals surface area contributed by atoms with Crippen LogP contribution >= 0.6 is 0 Å². The molecule has 0 aromatic carbocycles. The molecule has 0 heterocycles. The first-order valence-electron chi connectivity index (χ1n) is 6.96. The number of nitrogens with one attached hydrogen (secondary N) is 1. The lowest BCUT2D eigenvalue weighted by Crippen LogP contribution is -2.24. The van der Waals surface area contributed by atoms with Crippen LogP contribution in [0.15, 0.2) is 0 Å². The van der Waals surface area contributed by atoms with Crippen LogP contribution < -0.4 is 5.32 Å². The summed E-state index contributed by atoms with van der Waals surface area (Å²) in [6, 6.07) is 0. The van der Waals surface area contributed by atoms with Crippen molar-refractivity contribution < 1.29 is 9.47 Å². The third-order valence-electron chi connectivity index (χ3n) is 2.43. The second-order valence-corrected chi connectivity index (χ2v) is 5.33. The summed E-state index contributed by atoms with van der Waals surface area (Å²) < 4.78 is 11.2. The first kappa shape index (κ1) is 16.9. The summed E-state index contributed by atoms with van der Waals surface area (Å²) in [5.41, 5.74) is 0. The summed E-state index contributed by atoms with van der Waals surface area (Å²) in [4.78, 5) is 0. The maximum absolute atomic E-state index is 5.70. The minimum atomic E-state index is 0.343. The van der Waals surface area contributed by atoms with Crippen molar-refractivity contribution in [1.29, 1.82) is 0 Å². The van der Waals surface area contributed by atoms with Crippen LogP contribution in [0.4, 0.5) is 0 Å². The fourth-order valence-electron chi connectivity index (χ4n) is 1.71. The van der Waals surface area contributed by atoms with E-state index in [2.05, 4.69) is 39.9 Å². The lowest BCUT2D eigenvalue weighted by atomic mass is 10.1. The van der Waals surface area contributed by atoms with E-state index in [1.807, 2.05) is 0 Å². The van der Waals surface area contributed by atoms with Crippen LogP contribution in [0.25, 0.3) is 0 Å². The Hall–Kier alpha value is -0.120. The minimum absolute atomic E-state index is 0.343. The van der Waals surface area contributed by atoms with Crippen molar-refractivity contribution in [3.05, 3.63) is 0 Å². The normalized spacial score (nSPS) is 13.6. The molecule has 0 bridgehead atoms.